The zero-order valence-electron chi connectivity index (χ0n) is 24.6. The molecule has 1 fully saturated rings. The van der Waals surface area contributed by atoms with E-state index in [-0.39, 0.29) is 11.5 Å². The lowest BCUT2D eigenvalue weighted by Gasteiger charge is -2.20. The van der Waals surface area contributed by atoms with Gasteiger partial charge in [0.25, 0.3) is 5.56 Å². The van der Waals surface area contributed by atoms with Crippen LogP contribution in [-0.2, 0) is 13.0 Å². The molecule has 1 aliphatic rings. The predicted molar refractivity (Wildman–Crippen MR) is 163 cm³/mol. The average Bonchev–Trinajstić information content (AvgIpc) is 3.29. The first kappa shape index (κ1) is 32.7. The van der Waals surface area contributed by atoms with Crippen LogP contribution in [0.3, 0.4) is 0 Å². The summed E-state index contributed by atoms with van der Waals surface area (Å²) in [7, 11) is 4.82. The third-order valence-electron chi connectivity index (χ3n) is 5.81. The third kappa shape index (κ3) is 10.9. The van der Waals surface area contributed by atoms with Crippen molar-refractivity contribution >= 4 is 17.6 Å². The molecule has 0 spiro atoms. The normalized spacial score (nSPS) is 13.0. The van der Waals surface area contributed by atoms with Crippen molar-refractivity contribution < 1.29 is 9.47 Å². The zero-order chi connectivity index (χ0) is 30.0. The van der Waals surface area contributed by atoms with Gasteiger partial charge in [0, 0.05) is 45.4 Å². The standard InChI is InChI=1S/C14H18N6O.C12H18N4O2.C2H6/c21-14-2-4-16-11-20(14)10-12-8-18-13(9-17-12)19-6-1-3-15-5-7-19;1-15-11(16-12(13)14)7-8-4-5-9(17-2)10(6-8)18-3;1-2/h2,4,8-9,11,15H,1,3,5-7,10H2;4-6H,7H2,1-3H3,(H4,13,14,15,16);1-2H3. The van der Waals surface area contributed by atoms with E-state index >= 15 is 0 Å². The van der Waals surface area contributed by atoms with Crippen LogP contribution in [0.15, 0.2) is 64.0 Å². The van der Waals surface area contributed by atoms with Gasteiger partial charge in [-0.2, -0.15) is 0 Å². The van der Waals surface area contributed by atoms with Gasteiger partial charge in [-0.05, 0) is 30.7 Å². The van der Waals surface area contributed by atoms with Crippen molar-refractivity contribution in [3.63, 3.8) is 0 Å². The number of ether oxygens (including phenoxy) is 2. The molecule has 41 heavy (non-hydrogen) atoms. The highest BCUT2D eigenvalue weighted by Crippen LogP contribution is 2.27. The van der Waals surface area contributed by atoms with Crippen molar-refractivity contribution in [1.82, 2.24) is 24.8 Å². The number of guanidine groups is 1. The number of nitrogens with two attached hydrogens (primary N) is 2. The van der Waals surface area contributed by atoms with Crippen molar-refractivity contribution in [2.24, 2.45) is 21.5 Å². The number of methoxy groups -OCH3 is 2. The molecule has 13 nitrogen and oxygen atoms in total. The summed E-state index contributed by atoms with van der Waals surface area (Å²) in [5, 5.41) is 3.36. The summed E-state index contributed by atoms with van der Waals surface area (Å²) in [5.74, 6) is 2.78. The molecule has 1 aromatic carbocycles. The van der Waals surface area contributed by atoms with E-state index in [1.54, 1.807) is 33.7 Å². The minimum absolute atomic E-state index is 0.00363. The monoisotopic (exact) mass is 566 g/mol. The zero-order valence-corrected chi connectivity index (χ0v) is 24.6. The van der Waals surface area contributed by atoms with E-state index in [9.17, 15) is 4.79 Å². The van der Waals surface area contributed by atoms with Crippen molar-refractivity contribution in [1.29, 1.82) is 0 Å². The van der Waals surface area contributed by atoms with E-state index in [1.807, 2.05) is 32.0 Å². The van der Waals surface area contributed by atoms with Gasteiger partial charge in [-0.1, -0.05) is 19.9 Å². The summed E-state index contributed by atoms with van der Waals surface area (Å²) in [6, 6.07) is 7.05. The summed E-state index contributed by atoms with van der Waals surface area (Å²) in [4.78, 5) is 34.6. The summed E-state index contributed by atoms with van der Waals surface area (Å²) < 4.78 is 11.9. The second-order valence-electron chi connectivity index (χ2n) is 8.55. The largest absolute Gasteiger partial charge is 0.493 e. The molecule has 4 rings (SSSR count). The number of aliphatic imine (C=N–C) groups is 2. The van der Waals surface area contributed by atoms with Gasteiger partial charge in [0.1, 0.15) is 11.7 Å². The third-order valence-corrected chi connectivity index (χ3v) is 5.81. The Morgan fingerprint density at radius 2 is 1.83 bits per heavy atom. The summed E-state index contributed by atoms with van der Waals surface area (Å²) in [5.41, 5.74) is 12.3. The molecule has 3 heterocycles. The Balaban J connectivity index is 0.000000274. The van der Waals surface area contributed by atoms with E-state index in [1.165, 1.54) is 23.2 Å². The molecule has 222 valence electrons. The second kappa shape index (κ2) is 17.9. The first-order valence-corrected chi connectivity index (χ1v) is 13.5. The van der Waals surface area contributed by atoms with Gasteiger partial charge in [-0.15, -0.1) is 0 Å². The molecule has 0 bridgehead atoms. The number of rotatable bonds is 7. The molecule has 0 amide bonds. The number of hydrogen-bond acceptors (Lipinski definition) is 9. The maximum Gasteiger partial charge on any atom is 0.253 e. The molecular weight excluding hydrogens is 524 g/mol. The Bertz CT molecular complexity index is 1300. The molecule has 13 heteroatoms. The van der Waals surface area contributed by atoms with Crippen LogP contribution >= 0.6 is 0 Å². The van der Waals surface area contributed by atoms with E-state index in [0.29, 0.717) is 30.3 Å². The summed E-state index contributed by atoms with van der Waals surface area (Å²) >= 11 is 0. The highest BCUT2D eigenvalue weighted by molar-refractivity contribution is 5.95. The predicted octanol–water partition coefficient (Wildman–Crippen LogP) is 1.46. The molecule has 0 saturated carbocycles. The Labute approximate surface area is 241 Å². The second-order valence-corrected chi connectivity index (χ2v) is 8.55. The van der Waals surface area contributed by atoms with Crippen LogP contribution in [0, 0.1) is 0 Å². The molecule has 5 N–H and O–H groups in total. The van der Waals surface area contributed by atoms with Crippen molar-refractivity contribution in [3.8, 4) is 11.5 Å². The van der Waals surface area contributed by atoms with Crippen LogP contribution in [0.4, 0.5) is 5.82 Å². The smallest absolute Gasteiger partial charge is 0.253 e. The number of nitrogens with one attached hydrogen (secondary N) is 1. The minimum Gasteiger partial charge on any atom is -0.493 e. The van der Waals surface area contributed by atoms with Crippen LogP contribution in [0.5, 0.6) is 11.5 Å². The van der Waals surface area contributed by atoms with Crippen molar-refractivity contribution in [2.75, 3.05) is 52.3 Å². The lowest BCUT2D eigenvalue weighted by Crippen LogP contribution is -2.28. The molecule has 1 aliphatic heterocycles. The molecule has 0 aliphatic carbocycles. The molecule has 0 unspecified atom stereocenters. The van der Waals surface area contributed by atoms with Gasteiger partial charge in [0.15, 0.2) is 17.5 Å². The highest BCUT2D eigenvalue weighted by Gasteiger charge is 2.11. The summed E-state index contributed by atoms with van der Waals surface area (Å²) in [6.45, 7) is 8.33. The lowest BCUT2D eigenvalue weighted by molar-refractivity contribution is 0.354. The van der Waals surface area contributed by atoms with Crippen LogP contribution in [-0.4, -0.2) is 78.8 Å². The van der Waals surface area contributed by atoms with Gasteiger partial charge in [-0.25, -0.2) is 15.0 Å². The van der Waals surface area contributed by atoms with E-state index in [4.69, 9.17) is 20.9 Å². The van der Waals surface area contributed by atoms with Crippen LogP contribution in [0.1, 0.15) is 31.5 Å². The van der Waals surface area contributed by atoms with Gasteiger partial charge >= 0.3 is 0 Å². The first-order valence-electron chi connectivity index (χ1n) is 13.5. The number of aromatic nitrogens is 4. The SMILES string of the molecule is CC.CN=C(Cc1ccc(OC)c(OC)c1)N=C(N)N.O=c1ccncn1Cc1cnc(N2CCCNCC2)cn1. The van der Waals surface area contributed by atoms with E-state index in [0.717, 1.165) is 49.7 Å². The van der Waals surface area contributed by atoms with E-state index in [2.05, 4.69) is 35.2 Å². The van der Waals surface area contributed by atoms with Crippen LogP contribution in [0.2, 0.25) is 0 Å². The fraction of sp³-hybridized carbons (Fsp3) is 0.429. The minimum atomic E-state index is -0.0885. The molecule has 1 saturated heterocycles. The van der Waals surface area contributed by atoms with Gasteiger partial charge in [0.2, 0.25) is 0 Å². The Morgan fingerprint density at radius 1 is 1.05 bits per heavy atom. The van der Waals surface area contributed by atoms with Crippen molar-refractivity contribution in [3.05, 3.63) is 70.8 Å². The molecule has 0 atom stereocenters. The molecule has 0 radical (unpaired) electrons. The van der Waals surface area contributed by atoms with Crippen molar-refractivity contribution in [2.45, 2.75) is 33.2 Å². The first-order chi connectivity index (χ1) is 19.9. The lowest BCUT2D eigenvalue weighted by atomic mass is 10.1. The fourth-order valence-corrected chi connectivity index (χ4v) is 3.83. The topological polar surface area (TPSA) is 171 Å². The van der Waals surface area contributed by atoms with Gasteiger partial charge in [-0.3, -0.25) is 19.3 Å². The Hall–Kier alpha value is -4.52. The van der Waals surface area contributed by atoms with Crippen LogP contribution < -0.4 is 36.7 Å². The quantitative estimate of drug-likeness (QED) is 0.281. The number of benzene rings is 1. The van der Waals surface area contributed by atoms with Crippen LogP contribution in [0.25, 0.3) is 0 Å². The molecule has 3 aromatic rings. The fourth-order valence-electron chi connectivity index (χ4n) is 3.83. The molecular formula is C28H42N10O3. The Kier molecular flexibility index (Phi) is 14.3. The number of nitrogens with zero attached hydrogens (tertiary/aromatic N) is 7. The Morgan fingerprint density at radius 3 is 2.46 bits per heavy atom. The summed E-state index contributed by atoms with van der Waals surface area (Å²) in [6.07, 6.45) is 8.14. The van der Waals surface area contributed by atoms with Gasteiger partial charge < -0.3 is 31.2 Å². The van der Waals surface area contributed by atoms with Gasteiger partial charge in [0.05, 0.1) is 45.2 Å². The number of hydrogen-bond donors (Lipinski definition) is 3. The van der Waals surface area contributed by atoms with E-state index < -0.39 is 0 Å². The average molecular weight is 567 g/mol. The number of amidine groups is 1. The maximum atomic E-state index is 11.6. The number of anilines is 1. The maximum absolute atomic E-state index is 11.6. The highest BCUT2D eigenvalue weighted by atomic mass is 16.5. The molecule has 2 aromatic heterocycles.